The second-order valence-electron chi connectivity index (χ2n) is 7.87. The van der Waals surface area contributed by atoms with Gasteiger partial charge in [0.15, 0.2) is 5.13 Å². The summed E-state index contributed by atoms with van der Waals surface area (Å²) in [5.41, 5.74) is 0.913. The SMILES string of the molecule is Cl.O=C(CCCSc1ccc(F)cc1)N(CCCN1CCOCC1)c1nc2ccc(Br)cc2s1. The Morgan fingerprint density at radius 2 is 1.94 bits per heavy atom. The molecule has 2 heterocycles. The second-order valence-corrected chi connectivity index (χ2v) is 11.0. The van der Waals surface area contributed by atoms with Gasteiger partial charge in [-0.1, -0.05) is 27.3 Å². The van der Waals surface area contributed by atoms with Crippen molar-refractivity contribution in [1.82, 2.24) is 9.88 Å². The Hall–Kier alpha value is -1.23. The maximum atomic E-state index is 13.2. The summed E-state index contributed by atoms with van der Waals surface area (Å²) in [6.45, 7) is 5.06. The molecule has 5 nitrogen and oxygen atoms in total. The van der Waals surface area contributed by atoms with Crippen molar-refractivity contribution in [3.05, 3.63) is 52.8 Å². The molecular weight excluding hydrogens is 561 g/mol. The van der Waals surface area contributed by atoms with Crippen LogP contribution in [0.1, 0.15) is 19.3 Å². The Morgan fingerprint density at radius 3 is 2.71 bits per heavy atom. The van der Waals surface area contributed by atoms with E-state index < -0.39 is 0 Å². The molecule has 4 rings (SSSR count). The summed E-state index contributed by atoms with van der Waals surface area (Å²) in [6, 6.07) is 12.5. The number of benzene rings is 2. The number of morpholine rings is 1. The van der Waals surface area contributed by atoms with Crippen molar-refractivity contribution in [3.63, 3.8) is 0 Å². The minimum Gasteiger partial charge on any atom is -0.379 e. The van der Waals surface area contributed by atoms with Gasteiger partial charge in [-0.2, -0.15) is 0 Å². The summed E-state index contributed by atoms with van der Waals surface area (Å²) in [7, 11) is 0. The molecule has 1 aliphatic heterocycles. The Labute approximate surface area is 222 Å². The van der Waals surface area contributed by atoms with Gasteiger partial charge >= 0.3 is 0 Å². The van der Waals surface area contributed by atoms with Crippen LogP contribution >= 0.6 is 51.4 Å². The van der Waals surface area contributed by atoms with Crippen LogP contribution in [-0.2, 0) is 9.53 Å². The van der Waals surface area contributed by atoms with Gasteiger partial charge in [-0.3, -0.25) is 14.6 Å². The summed E-state index contributed by atoms with van der Waals surface area (Å²) in [5, 5.41) is 0.765. The number of thioether (sulfide) groups is 1. The lowest BCUT2D eigenvalue weighted by molar-refractivity contribution is -0.118. The Morgan fingerprint density at radius 1 is 1.18 bits per heavy atom. The lowest BCUT2D eigenvalue weighted by Gasteiger charge is -2.27. The molecule has 0 unspecified atom stereocenters. The van der Waals surface area contributed by atoms with Crippen molar-refractivity contribution in [1.29, 1.82) is 0 Å². The number of ether oxygens (including phenoxy) is 1. The van der Waals surface area contributed by atoms with Crippen LogP contribution < -0.4 is 4.90 Å². The van der Waals surface area contributed by atoms with Crippen LogP contribution in [0.2, 0.25) is 0 Å². The van der Waals surface area contributed by atoms with E-state index in [4.69, 9.17) is 9.72 Å². The highest BCUT2D eigenvalue weighted by Gasteiger charge is 2.20. The van der Waals surface area contributed by atoms with Gasteiger partial charge in [-0.15, -0.1) is 24.2 Å². The Balaban J connectivity index is 0.00000324. The van der Waals surface area contributed by atoms with E-state index in [1.165, 1.54) is 12.1 Å². The highest BCUT2D eigenvalue weighted by molar-refractivity contribution is 9.10. The second kappa shape index (κ2) is 13.8. The van der Waals surface area contributed by atoms with Crippen LogP contribution in [0.4, 0.5) is 9.52 Å². The predicted octanol–water partition coefficient (Wildman–Crippen LogP) is 6.25. The van der Waals surface area contributed by atoms with E-state index in [0.29, 0.717) is 13.0 Å². The Kier molecular flexibility index (Phi) is 11.1. The molecule has 1 saturated heterocycles. The fourth-order valence-electron chi connectivity index (χ4n) is 3.69. The molecule has 0 bridgehead atoms. The number of rotatable bonds is 10. The monoisotopic (exact) mass is 587 g/mol. The van der Waals surface area contributed by atoms with E-state index in [-0.39, 0.29) is 24.1 Å². The van der Waals surface area contributed by atoms with Gasteiger partial charge < -0.3 is 4.74 Å². The zero-order valence-corrected chi connectivity index (χ0v) is 22.8. The maximum Gasteiger partial charge on any atom is 0.228 e. The van der Waals surface area contributed by atoms with E-state index >= 15 is 0 Å². The number of thiazole rings is 1. The van der Waals surface area contributed by atoms with Gasteiger partial charge in [0.2, 0.25) is 5.91 Å². The van der Waals surface area contributed by atoms with Gasteiger partial charge in [0, 0.05) is 42.0 Å². The van der Waals surface area contributed by atoms with Crippen molar-refractivity contribution in [2.45, 2.75) is 24.2 Å². The third-order valence-electron chi connectivity index (χ3n) is 5.45. The van der Waals surface area contributed by atoms with Gasteiger partial charge in [-0.05, 0) is 61.1 Å². The van der Waals surface area contributed by atoms with Crippen molar-refractivity contribution in [3.8, 4) is 0 Å². The zero-order chi connectivity index (χ0) is 23.0. The number of anilines is 1. The molecule has 184 valence electrons. The van der Waals surface area contributed by atoms with Crippen LogP contribution in [0.25, 0.3) is 10.2 Å². The first-order chi connectivity index (χ1) is 16.1. The smallest absolute Gasteiger partial charge is 0.228 e. The zero-order valence-electron chi connectivity index (χ0n) is 18.8. The van der Waals surface area contributed by atoms with Gasteiger partial charge in [0.05, 0.1) is 23.4 Å². The first-order valence-corrected chi connectivity index (χ1v) is 13.7. The molecule has 10 heteroatoms. The lowest BCUT2D eigenvalue weighted by atomic mass is 10.2. The largest absolute Gasteiger partial charge is 0.379 e. The third kappa shape index (κ3) is 7.90. The first-order valence-electron chi connectivity index (χ1n) is 11.1. The average molecular weight is 589 g/mol. The molecule has 1 amide bonds. The summed E-state index contributed by atoms with van der Waals surface area (Å²) in [5.74, 6) is 0.686. The number of fused-ring (bicyclic) bond motifs is 1. The molecule has 1 aliphatic rings. The molecule has 0 spiro atoms. The highest BCUT2D eigenvalue weighted by Crippen LogP contribution is 2.31. The van der Waals surface area contributed by atoms with E-state index in [1.807, 2.05) is 23.1 Å². The van der Waals surface area contributed by atoms with E-state index in [0.717, 1.165) is 76.2 Å². The number of carbonyl (C=O) groups is 1. The van der Waals surface area contributed by atoms with E-state index in [1.54, 1.807) is 35.2 Å². The van der Waals surface area contributed by atoms with Crippen LogP contribution in [0.5, 0.6) is 0 Å². The van der Waals surface area contributed by atoms with Gasteiger partial charge in [-0.25, -0.2) is 9.37 Å². The molecule has 0 saturated carbocycles. The predicted molar refractivity (Wildman–Crippen MR) is 145 cm³/mol. The van der Waals surface area contributed by atoms with Crippen molar-refractivity contribution >= 4 is 72.7 Å². The number of carbonyl (C=O) groups excluding carboxylic acids is 1. The van der Waals surface area contributed by atoms with Crippen molar-refractivity contribution in [2.75, 3.05) is 50.0 Å². The summed E-state index contributed by atoms with van der Waals surface area (Å²) < 4.78 is 20.6. The molecule has 1 aromatic heterocycles. The Bertz CT molecular complexity index is 1060. The summed E-state index contributed by atoms with van der Waals surface area (Å²) >= 11 is 6.73. The van der Waals surface area contributed by atoms with Crippen LogP contribution in [-0.4, -0.2) is 60.9 Å². The van der Waals surface area contributed by atoms with Crippen LogP contribution in [0, 0.1) is 5.82 Å². The molecule has 34 heavy (non-hydrogen) atoms. The van der Waals surface area contributed by atoms with E-state index in [2.05, 4.69) is 20.8 Å². The molecular formula is C24H28BrClFN3O2S2. The molecule has 0 aliphatic carbocycles. The average Bonchev–Trinajstić information content (AvgIpc) is 3.24. The number of aromatic nitrogens is 1. The topological polar surface area (TPSA) is 45.7 Å². The van der Waals surface area contributed by atoms with Gasteiger partial charge in [0.25, 0.3) is 0 Å². The fraction of sp³-hybridized carbons (Fsp3) is 0.417. The first kappa shape index (κ1) is 27.4. The number of nitrogens with zero attached hydrogens (tertiary/aromatic N) is 3. The molecule has 3 aromatic rings. The molecule has 0 N–H and O–H groups in total. The number of hydrogen-bond acceptors (Lipinski definition) is 6. The summed E-state index contributed by atoms with van der Waals surface area (Å²) in [6.07, 6.45) is 2.12. The molecule has 2 aromatic carbocycles. The fourth-order valence-corrected chi connectivity index (χ4v) is 6.10. The minimum absolute atomic E-state index is 0. The molecule has 0 radical (unpaired) electrons. The summed E-state index contributed by atoms with van der Waals surface area (Å²) in [4.78, 5) is 23.2. The molecule has 1 fully saturated rings. The quantitative estimate of drug-likeness (QED) is 0.207. The lowest BCUT2D eigenvalue weighted by Crippen LogP contribution is -2.39. The van der Waals surface area contributed by atoms with Crippen LogP contribution in [0.15, 0.2) is 51.8 Å². The number of hydrogen-bond donors (Lipinski definition) is 0. The maximum absolute atomic E-state index is 13.2. The van der Waals surface area contributed by atoms with E-state index in [9.17, 15) is 9.18 Å². The normalized spacial score (nSPS) is 14.2. The van der Waals surface area contributed by atoms with Crippen molar-refractivity contribution < 1.29 is 13.9 Å². The minimum atomic E-state index is -0.231. The molecule has 0 atom stereocenters. The van der Waals surface area contributed by atoms with Crippen LogP contribution in [0.3, 0.4) is 0 Å². The van der Waals surface area contributed by atoms with Crippen molar-refractivity contribution in [2.24, 2.45) is 0 Å². The van der Waals surface area contributed by atoms with Gasteiger partial charge in [0.1, 0.15) is 5.82 Å². The highest BCUT2D eigenvalue weighted by atomic mass is 79.9. The number of halogens is 3. The third-order valence-corrected chi connectivity index (χ3v) is 8.08. The number of amides is 1. The standard InChI is InChI=1S/C24H27BrFN3O2S2.ClH/c25-18-4-9-21-22(17-18)33-24(27-21)29(11-2-10-28-12-14-31-15-13-28)23(30)3-1-16-32-20-7-5-19(26)6-8-20;/h4-9,17H,1-3,10-16H2;1H.